The fraction of sp³-hybridized carbons (Fsp3) is 0.889. The molecule has 1 amide bonds. The number of nitrogens with zero attached hydrogens (tertiary/aromatic N) is 4. The van der Waals surface area contributed by atoms with Crippen molar-refractivity contribution in [1.82, 2.24) is 25.3 Å². The molecule has 0 radical (unpaired) electrons. The van der Waals surface area contributed by atoms with Gasteiger partial charge in [-0.2, -0.15) is 0 Å². The van der Waals surface area contributed by atoms with Crippen LogP contribution >= 0.6 is 0 Å². The van der Waals surface area contributed by atoms with Crippen molar-refractivity contribution in [3.05, 3.63) is 0 Å². The average Bonchev–Trinajstić information content (AvgIpc) is 2.68. The lowest BCUT2D eigenvalue weighted by molar-refractivity contribution is -0.127. The van der Waals surface area contributed by atoms with Crippen LogP contribution in [0.3, 0.4) is 0 Å². The predicted octanol–water partition coefficient (Wildman–Crippen LogP) is -0.821. The molecule has 4 fully saturated rings. The number of guanidine groups is 1. The second kappa shape index (κ2) is 9.53. The zero-order valence-electron chi connectivity index (χ0n) is 16.2. The number of hydrogen-bond acceptors (Lipinski definition) is 5. The molecule has 2 bridgehead atoms. The predicted molar refractivity (Wildman–Crippen MR) is 102 cm³/mol. The second-order valence-corrected chi connectivity index (χ2v) is 7.69. The van der Waals surface area contributed by atoms with E-state index < -0.39 is 0 Å². The molecule has 4 heterocycles. The van der Waals surface area contributed by atoms with Gasteiger partial charge in [0, 0.05) is 72.6 Å². The van der Waals surface area contributed by atoms with Gasteiger partial charge in [0.2, 0.25) is 5.91 Å². The Balaban J connectivity index is 1.51. The van der Waals surface area contributed by atoms with Crippen molar-refractivity contribution in [3.63, 3.8) is 0 Å². The van der Waals surface area contributed by atoms with E-state index in [4.69, 9.17) is 4.74 Å². The summed E-state index contributed by atoms with van der Waals surface area (Å²) in [4.78, 5) is 23.0. The molecule has 148 valence electrons. The molecular weight excluding hydrogens is 332 g/mol. The third kappa shape index (κ3) is 5.56. The number of amides is 1. The van der Waals surface area contributed by atoms with E-state index in [0.717, 1.165) is 52.2 Å². The highest BCUT2D eigenvalue weighted by Crippen LogP contribution is 2.15. The van der Waals surface area contributed by atoms with Crippen LogP contribution < -0.4 is 10.6 Å². The third-order valence-electron chi connectivity index (χ3n) is 5.54. The van der Waals surface area contributed by atoms with E-state index in [1.807, 2.05) is 0 Å². The van der Waals surface area contributed by atoms with E-state index in [1.165, 1.54) is 19.5 Å². The standard InChI is InChI=1S/C18H34N6O2/c1-22(2)17(25)13-21-18(20-12-16-5-3-4-10-26-16)19-11-15-14-23-6-8-24(15)9-7-23/h15-16H,3-14H2,1-2H3,(H2,19,20,21). The number of rotatable bonds is 6. The smallest absolute Gasteiger partial charge is 0.243 e. The number of carbonyl (C=O) groups is 1. The molecule has 4 aliphatic heterocycles. The van der Waals surface area contributed by atoms with E-state index in [2.05, 4.69) is 25.4 Å². The number of carbonyl (C=O) groups excluding carboxylic acids is 1. The number of likely N-dealkylation sites (N-methyl/N-ethyl adjacent to an activating group) is 1. The van der Waals surface area contributed by atoms with Gasteiger partial charge >= 0.3 is 0 Å². The van der Waals surface area contributed by atoms with Gasteiger partial charge in [0.15, 0.2) is 5.96 Å². The van der Waals surface area contributed by atoms with Gasteiger partial charge < -0.3 is 20.3 Å². The van der Waals surface area contributed by atoms with Crippen molar-refractivity contribution < 1.29 is 9.53 Å². The quantitative estimate of drug-likeness (QED) is 0.473. The fourth-order valence-electron chi connectivity index (χ4n) is 3.77. The van der Waals surface area contributed by atoms with Crippen LogP contribution in [0.2, 0.25) is 0 Å². The number of ether oxygens (including phenoxy) is 1. The molecule has 2 atom stereocenters. The van der Waals surface area contributed by atoms with Gasteiger partial charge in [-0.3, -0.25) is 14.6 Å². The minimum atomic E-state index is 0.00611. The Morgan fingerprint density at radius 3 is 2.54 bits per heavy atom. The molecular formula is C18H34N6O2. The fourth-order valence-corrected chi connectivity index (χ4v) is 3.77. The van der Waals surface area contributed by atoms with Gasteiger partial charge in [-0.05, 0) is 19.3 Å². The molecule has 0 saturated carbocycles. The van der Waals surface area contributed by atoms with E-state index in [1.54, 1.807) is 19.0 Å². The van der Waals surface area contributed by atoms with Gasteiger partial charge in [-0.1, -0.05) is 0 Å². The summed E-state index contributed by atoms with van der Waals surface area (Å²) >= 11 is 0. The average molecular weight is 367 g/mol. The van der Waals surface area contributed by atoms with Gasteiger partial charge in [-0.25, -0.2) is 4.99 Å². The van der Waals surface area contributed by atoms with Crippen LogP contribution in [0.1, 0.15) is 19.3 Å². The van der Waals surface area contributed by atoms with Crippen LogP contribution in [0.5, 0.6) is 0 Å². The lowest BCUT2D eigenvalue weighted by Gasteiger charge is -2.47. The van der Waals surface area contributed by atoms with Crippen molar-refractivity contribution in [2.75, 3.05) is 73.1 Å². The van der Waals surface area contributed by atoms with Crippen LogP contribution in [0.15, 0.2) is 4.99 Å². The Kier molecular flexibility index (Phi) is 7.10. The molecule has 0 aliphatic carbocycles. The molecule has 2 N–H and O–H groups in total. The summed E-state index contributed by atoms with van der Waals surface area (Å²) in [5.74, 6) is 0.721. The van der Waals surface area contributed by atoms with Crippen molar-refractivity contribution >= 4 is 11.9 Å². The Morgan fingerprint density at radius 1 is 1.15 bits per heavy atom. The summed E-state index contributed by atoms with van der Waals surface area (Å²) in [6, 6.07) is 0.514. The first-order valence-corrected chi connectivity index (χ1v) is 9.92. The maximum atomic E-state index is 11.9. The van der Waals surface area contributed by atoms with Crippen LogP contribution in [0, 0.1) is 0 Å². The Hall–Kier alpha value is -1.38. The van der Waals surface area contributed by atoms with Crippen molar-refractivity contribution in [2.24, 2.45) is 4.99 Å². The summed E-state index contributed by atoms with van der Waals surface area (Å²) < 4.78 is 5.79. The zero-order chi connectivity index (χ0) is 18.4. The summed E-state index contributed by atoms with van der Waals surface area (Å²) in [6.45, 7) is 8.39. The topological polar surface area (TPSA) is 72.4 Å². The normalized spacial score (nSPS) is 31.5. The van der Waals surface area contributed by atoms with Crippen LogP contribution in [-0.2, 0) is 9.53 Å². The Bertz CT molecular complexity index is 484. The maximum Gasteiger partial charge on any atom is 0.243 e. The molecule has 0 aromatic heterocycles. The van der Waals surface area contributed by atoms with Gasteiger partial charge in [0.25, 0.3) is 0 Å². The van der Waals surface area contributed by atoms with Crippen LogP contribution in [0.4, 0.5) is 0 Å². The van der Waals surface area contributed by atoms with Crippen molar-refractivity contribution in [2.45, 2.75) is 31.4 Å². The highest BCUT2D eigenvalue weighted by Gasteiger charge is 2.31. The summed E-state index contributed by atoms with van der Waals surface area (Å²) in [7, 11) is 3.52. The minimum Gasteiger partial charge on any atom is -0.376 e. The minimum absolute atomic E-state index is 0.00611. The molecule has 8 nitrogen and oxygen atoms in total. The molecule has 8 heteroatoms. The van der Waals surface area contributed by atoms with E-state index in [9.17, 15) is 4.79 Å². The molecule has 0 spiro atoms. The maximum absolute atomic E-state index is 11.9. The lowest BCUT2D eigenvalue weighted by atomic mass is 10.1. The number of aliphatic imine (C=N–C) groups is 1. The monoisotopic (exact) mass is 366 g/mol. The first-order chi connectivity index (χ1) is 12.6. The first-order valence-electron chi connectivity index (χ1n) is 9.92. The largest absolute Gasteiger partial charge is 0.376 e. The molecule has 2 unspecified atom stereocenters. The van der Waals surface area contributed by atoms with Crippen LogP contribution in [-0.4, -0.2) is 112 Å². The van der Waals surface area contributed by atoms with Gasteiger partial charge in [0.05, 0.1) is 6.10 Å². The van der Waals surface area contributed by atoms with Crippen molar-refractivity contribution in [3.8, 4) is 0 Å². The molecule has 4 aliphatic rings. The van der Waals surface area contributed by atoms with Gasteiger partial charge in [-0.15, -0.1) is 0 Å². The number of piperazine rings is 3. The van der Waals surface area contributed by atoms with Gasteiger partial charge in [0.1, 0.15) is 6.54 Å². The van der Waals surface area contributed by atoms with E-state index in [0.29, 0.717) is 12.0 Å². The SMILES string of the molecule is CN(C)C(=O)CN=C(NCC1CCCCO1)NCC1CN2CCN1CC2. The number of fused-ring (bicyclic) bond motifs is 3. The van der Waals surface area contributed by atoms with E-state index in [-0.39, 0.29) is 18.6 Å². The van der Waals surface area contributed by atoms with Crippen molar-refractivity contribution in [1.29, 1.82) is 0 Å². The highest BCUT2D eigenvalue weighted by molar-refractivity contribution is 5.84. The molecule has 0 aromatic rings. The third-order valence-corrected chi connectivity index (χ3v) is 5.54. The second-order valence-electron chi connectivity index (χ2n) is 7.69. The number of nitrogens with one attached hydrogen (secondary N) is 2. The molecule has 0 aromatic carbocycles. The number of hydrogen-bond donors (Lipinski definition) is 2. The van der Waals surface area contributed by atoms with E-state index >= 15 is 0 Å². The summed E-state index contributed by atoms with van der Waals surface area (Å²) in [5, 5.41) is 6.83. The van der Waals surface area contributed by atoms with Crippen LogP contribution in [0.25, 0.3) is 0 Å². The summed E-state index contributed by atoms with van der Waals surface area (Å²) in [5.41, 5.74) is 0. The summed E-state index contributed by atoms with van der Waals surface area (Å²) in [6.07, 6.45) is 3.70. The zero-order valence-corrected chi connectivity index (χ0v) is 16.2. The molecule has 4 rings (SSSR count). The molecule has 26 heavy (non-hydrogen) atoms. The lowest BCUT2D eigenvalue weighted by Crippen LogP contribution is -2.64. The first kappa shape index (κ1) is 19.4. The highest BCUT2D eigenvalue weighted by atomic mass is 16.5. The molecule has 4 saturated heterocycles. The Labute approximate surface area is 156 Å². The Morgan fingerprint density at radius 2 is 1.92 bits per heavy atom.